The van der Waals surface area contributed by atoms with Gasteiger partial charge in [0.05, 0.1) is 12.1 Å². The Labute approximate surface area is 126 Å². The monoisotopic (exact) mass is 295 g/mol. The van der Waals surface area contributed by atoms with Gasteiger partial charge in [0.1, 0.15) is 5.82 Å². The quantitative estimate of drug-likeness (QED) is 0.874. The van der Waals surface area contributed by atoms with Gasteiger partial charge in [0, 0.05) is 6.42 Å². The molecule has 1 aromatic rings. The van der Waals surface area contributed by atoms with E-state index in [4.69, 9.17) is 0 Å². The van der Waals surface area contributed by atoms with Crippen molar-refractivity contribution in [3.63, 3.8) is 0 Å². The molecule has 1 rings (SSSR count). The molecule has 1 amide bonds. The average molecular weight is 295 g/mol. The lowest BCUT2D eigenvalue weighted by molar-refractivity contribution is -0.124. The Balaban J connectivity index is 2.58. The maximum atomic E-state index is 12.9. The fourth-order valence-electron chi connectivity index (χ4n) is 1.92. The zero-order valence-corrected chi connectivity index (χ0v) is 13.5. The first-order valence-electron chi connectivity index (χ1n) is 7.34. The van der Waals surface area contributed by atoms with Gasteiger partial charge in [0.25, 0.3) is 0 Å². The van der Waals surface area contributed by atoms with E-state index in [-0.39, 0.29) is 23.1 Å². The van der Waals surface area contributed by atoms with Crippen LogP contribution in [-0.4, -0.2) is 17.1 Å². The molecule has 0 aliphatic heterocycles. The number of aliphatic hydroxyl groups excluding tert-OH is 1. The van der Waals surface area contributed by atoms with E-state index in [1.807, 2.05) is 6.92 Å². The zero-order chi connectivity index (χ0) is 16.2. The summed E-state index contributed by atoms with van der Waals surface area (Å²) in [5.74, 6) is -0.180. The van der Waals surface area contributed by atoms with Crippen molar-refractivity contribution in [1.29, 1.82) is 0 Å². The van der Waals surface area contributed by atoms with Crippen LogP contribution in [0.4, 0.5) is 4.39 Å². The molecular weight excluding hydrogens is 269 g/mol. The van der Waals surface area contributed by atoms with E-state index in [9.17, 15) is 14.3 Å². The molecule has 0 bridgehead atoms. The summed E-state index contributed by atoms with van der Waals surface area (Å²) < 4.78 is 12.9. The predicted molar refractivity (Wildman–Crippen MR) is 82.2 cm³/mol. The summed E-state index contributed by atoms with van der Waals surface area (Å²) in [6.45, 7) is 10.1. The Hall–Kier alpha value is -1.42. The van der Waals surface area contributed by atoms with Gasteiger partial charge in [-0.2, -0.15) is 0 Å². The van der Waals surface area contributed by atoms with Gasteiger partial charge < -0.3 is 10.4 Å². The van der Waals surface area contributed by atoms with Gasteiger partial charge in [0.15, 0.2) is 0 Å². The number of benzene rings is 1. The van der Waals surface area contributed by atoms with Crippen molar-refractivity contribution < 1.29 is 14.3 Å². The predicted octanol–water partition coefficient (Wildman–Crippen LogP) is 3.44. The molecule has 21 heavy (non-hydrogen) atoms. The Morgan fingerprint density at radius 2 is 1.76 bits per heavy atom. The van der Waals surface area contributed by atoms with Crippen LogP contribution in [0.3, 0.4) is 0 Å². The van der Waals surface area contributed by atoms with Crippen LogP contribution < -0.4 is 5.32 Å². The van der Waals surface area contributed by atoms with Crippen molar-refractivity contribution in [2.75, 3.05) is 0 Å². The number of halogens is 1. The number of aliphatic hydroxyl groups is 1. The van der Waals surface area contributed by atoms with E-state index in [2.05, 4.69) is 26.1 Å². The highest BCUT2D eigenvalue weighted by molar-refractivity contribution is 5.76. The number of hydrogen-bond donors (Lipinski definition) is 2. The van der Waals surface area contributed by atoms with Crippen LogP contribution in [0.25, 0.3) is 0 Å². The highest BCUT2D eigenvalue weighted by Crippen LogP contribution is 2.28. The lowest BCUT2D eigenvalue weighted by Gasteiger charge is -2.28. The van der Waals surface area contributed by atoms with Gasteiger partial charge in [-0.1, -0.05) is 39.8 Å². The minimum Gasteiger partial charge on any atom is -0.386 e. The fourth-order valence-corrected chi connectivity index (χ4v) is 1.92. The Morgan fingerprint density at radius 3 is 2.24 bits per heavy atom. The van der Waals surface area contributed by atoms with Crippen LogP contribution in [0.2, 0.25) is 0 Å². The van der Waals surface area contributed by atoms with Crippen molar-refractivity contribution in [1.82, 2.24) is 5.32 Å². The van der Waals surface area contributed by atoms with E-state index < -0.39 is 12.1 Å². The van der Waals surface area contributed by atoms with Crippen molar-refractivity contribution >= 4 is 5.91 Å². The van der Waals surface area contributed by atoms with Crippen molar-refractivity contribution in [3.05, 3.63) is 35.6 Å². The Morgan fingerprint density at radius 1 is 1.24 bits per heavy atom. The number of carbonyl (C=O) groups is 1. The number of rotatable bonds is 5. The van der Waals surface area contributed by atoms with Gasteiger partial charge >= 0.3 is 0 Å². The van der Waals surface area contributed by atoms with Crippen molar-refractivity contribution in [2.45, 2.75) is 53.2 Å². The molecule has 0 aromatic heterocycles. The second-order valence-electron chi connectivity index (χ2n) is 6.82. The van der Waals surface area contributed by atoms with Crippen molar-refractivity contribution in [2.24, 2.45) is 11.3 Å². The highest BCUT2D eigenvalue weighted by atomic mass is 19.1. The molecule has 0 aliphatic carbocycles. The minimum atomic E-state index is -0.848. The smallest absolute Gasteiger partial charge is 0.220 e. The summed E-state index contributed by atoms with van der Waals surface area (Å²) in [5, 5.41) is 13.0. The fraction of sp³-hybridized carbons (Fsp3) is 0.588. The molecule has 2 N–H and O–H groups in total. The molecule has 4 heteroatoms. The summed E-state index contributed by atoms with van der Waals surface area (Å²) in [7, 11) is 0. The number of nitrogens with one attached hydrogen (secondary N) is 1. The first-order valence-corrected chi connectivity index (χ1v) is 7.34. The largest absolute Gasteiger partial charge is 0.386 e. The van der Waals surface area contributed by atoms with Gasteiger partial charge in [0.2, 0.25) is 5.91 Å². The third-order valence-electron chi connectivity index (χ3n) is 4.04. The third-order valence-corrected chi connectivity index (χ3v) is 4.04. The van der Waals surface area contributed by atoms with Gasteiger partial charge in [-0.25, -0.2) is 4.39 Å². The molecule has 0 saturated carbocycles. The van der Waals surface area contributed by atoms with Gasteiger partial charge in [-0.05, 0) is 36.0 Å². The Kier molecular flexibility index (Phi) is 5.90. The molecule has 0 fully saturated rings. The van der Waals surface area contributed by atoms with E-state index in [0.29, 0.717) is 12.0 Å². The van der Waals surface area contributed by atoms with Gasteiger partial charge in [-0.3, -0.25) is 4.79 Å². The molecule has 0 aliphatic rings. The third kappa shape index (κ3) is 5.46. The summed E-state index contributed by atoms with van der Waals surface area (Å²) in [6.07, 6.45) is -0.427. The molecule has 0 saturated heterocycles. The molecule has 118 valence electrons. The number of hydrogen-bond acceptors (Lipinski definition) is 2. The second kappa shape index (κ2) is 7.03. The van der Waals surface area contributed by atoms with E-state index in [1.165, 1.54) is 24.3 Å². The molecule has 3 unspecified atom stereocenters. The molecule has 3 nitrogen and oxygen atoms in total. The SMILES string of the molecule is CC(NC(=O)CC(C)C(C)(C)C)C(O)c1ccc(F)cc1. The molecule has 1 aromatic carbocycles. The van der Waals surface area contributed by atoms with E-state index in [1.54, 1.807) is 6.92 Å². The molecule has 0 spiro atoms. The number of carbonyl (C=O) groups excluding carboxylic acids is 1. The normalized spacial score (nSPS) is 16.1. The van der Waals surface area contributed by atoms with Crippen LogP contribution in [-0.2, 0) is 4.79 Å². The van der Waals surface area contributed by atoms with Crippen LogP contribution >= 0.6 is 0 Å². The van der Waals surface area contributed by atoms with Crippen LogP contribution in [0, 0.1) is 17.2 Å². The lowest BCUT2D eigenvalue weighted by Crippen LogP contribution is -2.38. The second-order valence-corrected chi connectivity index (χ2v) is 6.82. The Bertz CT molecular complexity index is 465. The topological polar surface area (TPSA) is 49.3 Å². The summed E-state index contributed by atoms with van der Waals surface area (Å²) in [6, 6.07) is 5.24. The average Bonchev–Trinajstić information content (AvgIpc) is 2.37. The zero-order valence-electron chi connectivity index (χ0n) is 13.5. The lowest BCUT2D eigenvalue weighted by atomic mass is 9.80. The maximum Gasteiger partial charge on any atom is 0.220 e. The summed E-state index contributed by atoms with van der Waals surface area (Å²) in [4.78, 5) is 12.0. The van der Waals surface area contributed by atoms with Gasteiger partial charge in [-0.15, -0.1) is 0 Å². The van der Waals surface area contributed by atoms with E-state index in [0.717, 1.165) is 0 Å². The van der Waals surface area contributed by atoms with Crippen LogP contribution in [0.15, 0.2) is 24.3 Å². The standard InChI is InChI=1S/C17H26FNO2/c1-11(17(3,4)5)10-15(20)19-12(2)16(21)13-6-8-14(18)9-7-13/h6-9,11-12,16,21H,10H2,1-5H3,(H,19,20). The first kappa shape index (κ1) is 17.6. The summed E-state index contributed by atoms with van der Waals surface area (Å²) >= 11 is 0. The first-order chi connectivity index (χ1) is 9.61. The molecule has 0 heterocycles. The molecule has 3 atom stereocenters. The molecular formula is C17H26FNO2. The van der Waals surface area contributed by atoms with E-state index >= 15 is 0 Å². The van der Waals surface area contributed by atoms with Crippen LogP contribution in [0.5, 0.6) is 0 Å². The van der Waals surface area contributed by atoms with Crippen LogP contribution in [0.1, 0.15) is 52.7 Å². The maximum absolute atomic E-state index is 12.9. The minimum absolute atomic E-state index is 0.0656. The molecule has 0 radical (unpaired) electrons. The highest BCUT2D eigenvalue weighted by Gasteiger charge is 2.24. The number of amides is 1. The van der Waals surface area contributed by atoms with Crippen molar-refractivity contribution in [3.8, 4) is 0 Å². The summed E-state index contributed by atoms with van der Waals surface area (Å²) in [5.41, 5.74) is 0.656.